The summed E-state index contributed by atoms with van der Waals surface area (Å²) in [6, 6.07) is 19.1. The minimum absolute atomic E-state index is 0.0926. The maximum absolute atomic E-state index is 13.5. The van der Waals surface area contributed by atoms with E-state index in [-0.39, 0.29) is 23.7 Å². The predicted molar refractivity (Wildman–Crippen MR) is 133 cm³/mol. The second-order valence-electron chi connectivity index (χ2n) is 7.96. The number of sulfonamides is 1. The summed E-state index contributed by atoms with van der Waals surface area (Å²) in [7, 11) is -2.56. The third-order valence-electron chi connectivity index (χ3n) is 5.26. The lowest BCUT2D eigenvalue weighted by molar-refractivity contribution is -0.119. The Morgan fingerprint density at radius 2 is 1.59 bits per heavy atom. The third-order valence-corrected chi connectivity index (χ3v) is 7.04. The number of rotatable bonds is 10. The molecule has 0 radical (unpaired) electrons. The zero-order valence-electron chi connectivity index (χ0n) is 19.9. The molecule has 180 valence electrons. The molecular weight excluding hydrogens is 452 g/mol. The van der Waals surface area contributed by atoms with Crippen LogP contribution in [0, 0.1) is 20.8 Å². The standard InChI is InChI=1S/C26H30N2O5S/c1-19-9-12-22(13-10-19)34(30,31)28(23-7-5-6-8-25(23)32-4)18-26(29)27-15-16-33-24-14-11-20(2)17-21(24)3/h5-14,17H,15-16,18H2,1-4H3,(H,27,29). The van der Waals surface area contributed by atoms with Gasteiger partial charge in [0.25, 0.3) is 10.0 Å². The molecule has 0 heterocycles. The first-order chi connectivity index (χ1) is 16.2. The van der Waals surface area contributed by atoms with Crippen molar-refractivity contribution >= 4 is 21.6 Å². The van der Waals surface area contributed by atoms with E-state index >= 15 is 0 Å². The molecule has 0 unspecified atom stereocenters. The highest BCUT2D eigenvalue weighted by atomic mass is 32.2. The molecule has 3 aromatic carbocycles. The quantitative estimate of drug-likeness (QED) is 0.442. The van der Waals surface area contributed by atoms with Crippen LogP contribution in [0.25, 0.3) is 0 Å². The largest absolute Gasteiger partial charge is 0.495 e. The van der Waals surface area contributed by atoms with Gasteiger partial charge >= 0.3 is 0 Å². The molecule has 0 atom stereocenters. The summed E-state index contributed by atoms with van der Waals surface area (Å²) < 4.78 is 39.2. The Balaban J connectivity index is 1.74. The second kappa shape index (κ2) is 11.1. The number of hydrogen-bond acceptors (Lipinski definition) is 5. The zero-order valence-corrected chi connectivity index (χ0v) is 20.7. The van der Waals surface area contributed by atoms with Gasteiger partial charge in [-0.25, -0.2) is 8.42 Å². The Bertz CT molecular complexity index is 1240. The summed E-state index contributed by atoms with van der Waals surface area (Å²) in [6.07, 6.45) is 0. The maximum atomic E-state index is 13.5. The summed E-state index contributed by atoms with van der Waals surface area (Å²) in [6.45, 7) is 5.94. The SMILES string of the molecule is COc1ccccc1N(CC(=O)NCCOc1ccc(C)cc1C)S(=O)(=O)c1ccc(C)cc1. The highest BCUT2D eigenvalue weighted by Crippen LogP contribution is 2.32. The van der Waals surface area contributed by atoms with Crippen molar-refractivity contribution in [3.63, 3.8) is 0 Å². The van der Waals surface area contributed by atoms with E-state index in [0.717, 1.165) is 26.7 Å². The molecule has 3 rings (SSSR count). The molecular formula is C26H30N2O5S. The summed E-state index contributed by atoms with van der Waals surface area (Å²) in [5, 5.41) is 2.74. The minimum Gasteiger partial charge on any atom is -0.495 e. The van der Waals surface area contributed by atoms with Gasteiger partial charge in [0.05, 0.1) is 24.2 Å². The lowest BCUT2D eigenvalue weighted by Gasteiger charge is -2.25. The molecule has 3 aromatic rings. The summed E-state index contributed by atoms with van der Waals surface area (Å²) >= 11 is 0. The normalized spacial score (nSPS) is 11.1. The molecule has 1 N–H and O–H groups in total. The summed E-state index contributed by atoms with van der Waals surface area (Å²) in [5.41, 5.74) is 3.37. The average molecular weight is 483 g/mol. The van der Waals surface area contributed by atoms with Crippen LogP contribution in [-0.4, -0.2) is 41.1 Å². The molecule has 7 nitrogen and oxygen atoms in total. The van der Waals surface area contributed by atoms with Crippen molar-refractivity contribution in [2.24, 2.45) is 0 Å². The number of aryl methyl sites for hydroxylation is 3. The van der Waals surface area contributed by atoms with Crippen LogP contribution in [0.1, 0.15) is 16.7 Å². The van der Waals surface area contributed by atoms with Crippen LogP contribution in [0.5, 0.6) is 11.5 Å². The van der Waals surface area contributed by atoms with E-state index in [1.165, 1.54) is 19.2 Å². The predicted octanol–water partition coefficient (Wildman–Crippen LogP) is 4.01. The van der Waals surface area contributed by atoms with Gasteiger partial charge in [-0.1, -0.05) is 47.5 Å². The monoisotopic (exact) mass is 482 g/mol. The number of amides is 1. The Kier molecular flexibility index (Phi) is 8.17. The van der Waals surface area contributed by atoms with Crippen molar-refractivity contribution in [3.8, 4) is 11.5 Å². The molecule has 0 aromatic heterocycles. The second-order valence-corrected chi connectivity index (χ2v) is 9.83. The molecule has 0 spiro atoms. The van der Waals surface area contributed by atoms with Gasteiger partial charge in [0.1, 0.15) is 24.7 Å². The number of nitrogens with one attached hydrogen (secondary N) is 1. The van der Waals surface area contributed by atoms with E-state index in [4.69, 9.17) is 9.47 Å². The summed E-state index contributed by atoms with van der Waals surface area (Å²) in [4.78, 5) is 12.9. The van der Waals surface area contributed by atoms with Crippen LogP contribution in [0.4, 0.5) is 5.69 Å². The van der Waals surface area contributed by atoms with Gasteiger partial charge < -0.3 is 14.8 Å². The van der Waals surface area contributed by atoms with Crippen molar-refractivity contribution in [2.75, 3.05) is 31.1 Å². The maximum Gasteiger partial charge on any atom is 0.264 e. The number of methoxy groups -OCH3 is 1. The fraction of sp³-hybridized carbons (Fsp3) is 0.269. The van der Waals surface area contributed by atoms with E-state index in [1.807, 2.05) is 39.0 Å². The zero-order chi connectivity index (χ0) is 24.7. The molecule has 0 saturated carbocycles. The fourth-order valence-electron chi connectivity index (χ4n) is 3.47. The highest BCUT2D eigenvalue weighted by molar-refractivity contribution is 7.92. The molecule has 0 aliphatic carbocycles. The number of anilines is 1. The average Bonchev–Trinajstić information content (AvgIpc) is 2.81. The Morgan fingerprint density at radius 3 is 2.26 bits per heavy atom. The molecule has 0 bridgehead atoms. The van der Waals surface area contributed by atoms with E-state index < -0.39 is 22.5 Å². The van der Waals surface area contributed by atoms with Gasteiger partial charge in [-0.05, 0) is 56.7 Å². The van der Waals surface area contributed by atoms with Crippen LogP contribution >= 0.6 is 0 Å². The molecule has 0 fully saturated rings. The third kappa shape index (κ3) is 6.08. The van der Waals surface area contributed by atoms with E-state index in [1.54, 1.807) is 36.4 Å². The van der Waals surface area contributed by atoms with Crippen LogP contribution in [-0.2, 0) is 14.8 Å². The van der Waals surface area contributed by atoms with Crippen molar-refractivity contribution < 1.29 is 22.7 Å². The molecule has 0 aliphatic heterocycles. The first-order valence-corrected chi connectivity index (χ1v) is 12.4. The first-order valence-electron chi connectivity index (χ1n) is 10.9. The van der Waals surface area contributed by atoms with Crippen molar-refractivity contribution in [3.05, 3.63) is 83.4 Å². The Labute approximate surface area is 201 Å². The Morgan fingerprint density at radius 1 is 0.912 bits per heavy atom. The molecule has 0 saturated heterocycles. The number of para-hydroxylation sites is 2. The van der Waals surface area contributed by atoms with Crippen molar-refractivity contribution in [2.45, 2.75) is 25.7 Å². The van der Waals surface area contributed by atoms with Gasteiger partial charge in [-0.15, -0.1) is 0 Å². The first kappa shape index (κ1) is 25.1. The van der Waals surface area contributed by atoms with E-state index in [0.29, 0.717) is 5.75 Å². The Hall–Kier alpha value is -3.52. The van der Waals surface area contributed by atoms with Crippen LogP contribution in [0.15, 0.2) is 71.6 Å². The van der Waals surface area contributed by atoms with E-state index in [2.05, 4.69) is 5.32 Å². The van der Waals surface area contributed by atoms with Gasteiger partial charge in [0.2, 0.25) is 5.91 Å². The molecule has 8 heteroatoms. The number of carbonyl (C=O) groups is 1. The number of ether oxygens (including phenoxy) is 2. The van der Waals surface area contributed by atoms with Crippen LogP contribution in [0.3, 0.4) is 0 Å². The molecule has 1 amide bonds. The van der Waals surface area contributed by atoms with Gasteiger partial charge in [-0.3, -0.25) is 9.10 Å². The highest BCUT2D eigenvalue weighted by Gasteiger charge is 2.29. The minimum atomic E-state index is -4.02. The lowest BCUT2D eigenvalue weighted by Crippen LogP contribution is -2.42. The molecule has 0 aliphatic rings. The van der Waals surface area contributed by atoms with E-state index in [9.17, 15) is 13.2 Å². The fourth-order valence-corrected chi connectivity index (χ4v) is 4.90. The number of nitrogens with zero attached hydrogens (tertiary/aromatic N) is 1. The number of hydrogen-bond donors (Lipinski definition) is 1. The van der Waals surface area contributed by atoms with Crippen molar-refractivity contribution in [1.29, 1.82) is 0 Å². The number of carbonyl (C=O) groups excluding carboxylic acids is 1. The van der Waals surface area contributed by atoms with Gasteiger partial charge in [-0.2, -0.15) is 0 Å². The summed E-state index contributed by atoms with van der Waals surface area (Å²) in [5.74, 6) is 0.646. The smallest absolute Gasteiger partial charge is 0.264 e. The topological polar surface area (TPSA) is 84.9 Å². The van der Waals surface area contributed by atoms with Crippen molar-refractivity contribution in [1.82, 2.24) is 5.32 Å². The molecule has 34 heavy (non-hydrogen) atoms. The lowest BCUT2D eigenvalue weighted by atomic mass is 10.1. The van der Waals surface area contributed by atoms with Gasteiger partial charge in [0, 0.05) is 0 Å². The number of benzene rings is 3. The van der Waals surface area contributed by atoms with Crippen LogP contribution in [0.2, 0.25) is 0 Å². The van der Waals surface area contributed by atoms with Gasteiger partial charge in [0.15, 0.2) is 0 Å². The van der Waals surface area contributed by atoms with Crippen LogP contribution < -0.4 is 19.1 Å².